The Kier molecular flexibility index (Phi) is 6.14. The van der Waals surface area contributed by atoms with Gasteiger partial charge in [0.25, 0.3) is 5.69 Å². The first-order chi connectivity index (χ1) is 10.1. The maximum atomic E-state index is 11.0. The molecule has 5 nitrogen and oxygen atoms in total. The lowest BCUT2D eigenvalue weighted by Gasteiger charge is -2.30. The van der Waals surface area contributed by atoms with Crippen molar-refractivity contribution in [1.82, 2.24) is 10.2 Å². The van der Waals surface area contributed by atoms with Gasteiger partial charge in [0, 0.05) is 35.7 Å². The van der Waals surface area contributed by atoms with Gasteiger partial charge in [-0.15, -0.1) is 0 Å². The number of benzene rings is 1. The van der Waals surface area contributed by atoms with Gasteiger partial charge in [0.15, 0.2) is 0 Å². The first-order valence-electron chi connectivity index (χ1n) is 7.42. The van der Waals surface area contributed by atoms with Crippen molar-refractivity contribution in [3.8, 4) is 0 Å². The van der Waals surface area contributed by atoms with E-state index in [0.29, 0.717) is 6.54 Å². The predicted molar refractivity (Wildman–Crippen MR) is 87.3 cm³/mol. The number of piperidine rings is 1. The second-order valence-corrected chi connectivity index (χ2v) is 6.65. The maximum Gasteiger partial charge on any atom is 0.273 e. The lowest BCUT2D eigenvalue weighted by Crippen LogP contribution is -2.37. The molecule has 1 aliphatic heterocycles. The van der Waals surface area contributed by atoms with Crippen LogP contribution < -0.4 is 5.32 Å². The average Bonchev–Trinajstić information content (AvgIpc) is 2.45. The maximum absolute atomic E-state index is 11.0. The van der Waals surface area contributed by atoms with Gasteiger partial charge in [-0.05, 0) is 44.0 Å². The number of rotatable bonds is 6. The van der Waals surface area contributed by atoms with E-state index in [9.17, 15) is 10.1 Å². The van der Waals surface area contributed by atoms with Gasteiger partial charge in [0.1, 0.15) is 0 Å². The highest BCUT2D eigenvalue weighted by atomic mass is 79.9. The number of nitrogens with zero attached hydrogens (tertiary/aromatic N) is 2. The van der Waals surface area contributed by atoms with E-state index in [2.05, 4.69) is 33.1 Å². The van der Waals surface area contributed by atoms with Crippen LogP contribution in [0.3, 0.4) is 0 Å². The fourth-order valence-electron chi connectivity index (χ4n) is 2.62. The monoisotopic (exact) mass is 355 g/mol. The summed E-state index contributed by atoms with van der Waals surface area (Å²) in [6, 6.07) is 5.07. The lowest BCUT2D eigenvalue weighted by atomic mass is 9.99. The molecule has 21 heavy (non-hydrogen) atoms. The molecule has 0 radical (unpaired) electrons. The van der Waals surface area contributed by atoms with Gasteiger partial charge in [-0.1, -0.05) is 22.9 Å². The fourth-order valence-corrected chi connectivity index (χ4v) is 3.03. The van der Waals surface area contributed by atoms with E-state index in [4.69, 9.17) is 0 Å². The first kappa shape index (κ1) is 16.4. The van der Waals surface area contributed by atoms with Crippen LogP contribution in [0.2, 0.25) is 0 Å². The molecule has 0 atom stereocenters. The minimum atomic E-state index is -0.324. The summed E-state index contributed by atoms with van der Waals surface area (Å²) in [7, 11) is 0. The lowest BCUT2D eigenvalue weighted by molar-refractivity contribution is -0.385. The van der Waals surface area contributed by atoms with Crippen molar-refractivity contribution in [3.63, 3.8) is 0 Å². The SMILES string of the molecule is CC1CCN(CCNCc2cc(Br)ccc2[N+](=O)[O-])CC1. The number of hydrogen-bond acceptors (Lipinski definition) is 4. The van der Waals surface area contributed by atoms with Gasteiger partial charge in [-0.3, -0.25) is 10.1 Å². The van der Waals surface area contributed by atoms with Gasteiger partial charge in [-0.2, -0.15) is 0 Å². The van der Waals surface area contributed by atoms with E-state index in [-0.39, 0.29) is 10.6 Å². The minimum Gasteiger partial charge on any atom is -0.311 e. The largest absolute Gasteiger partial charge is 0.311 e. The van der Waals surface area contributed by atoms with Gasteiger partial charge < -0.3 is 10.2 Å². The second-order valence-electron chi connectivity index (χ2n) is 5.73. The van der Waals surface area contributed by atoms with Crippen LogP contribution in [-0.2, 0) is 6.54 Å². The Bertz CT molecular complexity index is 488. The van der Waals surface area contributed by atoms with Crippen LogP contribution in [0.4, 0.5) is 5.69 Å². The molecule has 0 unspecified atom stereocenters. The third kappa shape index (κ3) is 5.05. The average molecular weight is 356 g/mol. The highest BCUT2D eigenvalue weighted by Crippen LogP contribution is 2.22. The Balaban J connectivity index is 1.78. The van der Waals surface area contributed by atoms with E-state index in [0.717, 1.165) is 29.0 Å². The molecule has 0 saturated carbocycles. The summed E-state index contributed by atoms with van der Waals surface area (Å²) < 4.78 is 0.870. The number of halogens is 1. The Labute approximate surface area is 134 Å². The molecule has 1 fully saturated rings. The third-order valence-electron chi connectivity index (χ3n) is 4.03. The van der Waals surface area contributed by atoms with E-state index in [1.807, 2.05) is 6.07 Å². The molecule has 1 saturated heterocycles. The molecule has 6 heteroatoms. The summed E-state index contributed by atoms with van der Waals surface area (Å²) in [5.74, 6) is 0.846. The van der Waals surface area contributed by atoms with Crippen molar-refractivity contribution in [2.24, 2.45) is 5.92 Å². The zero-order chi connectivity index (χ0) is 15.2. The zero-order valence-electron chi connectivity index (χ0n) is 12.3. The predicted octanol–water partition coefficient (Wildman–Crippen LogP) is 3.18. The van der Waals surface area contributed by atoms with Crippen LogP contribution in [0.25, 0.3) is 0 Å². The Morgan fingerprint density at radius 3 is 2.81 bits per heavy atom. The van der Waals surface area contributed by atoms with Crippen LogP contribution in [0.5, 0.6) is 0 Å². The molecule has 2 rings (SSSR count). The van der Waals surface area contributed by atoms with Crippen LogP contribution in [0, 0.1) is 16.0 Å². The second kappa shape index (κ2) is 7.87. The molecule has 1 aromatic rings. The highest BCUT2D eigenvalue weighted by molar-refractivity contribution is 9.10. The van der Waals surface area contributed by atoms with E-state index >= 15 is 0 Å². The summed E-state index contributed by atoms with van der Waals surface area (Å²) >= 11 is 3.36. The van der Waals surface area contributed by atoms with Crippen LogP contribution in [0.15, 0.2) is 22.7 Å². The molecular weight excluding hydrogens is 334 g/mol. The molecule has 0 spiro atoms. The van der Waals surface area contributed by atoms with E-state index < -0.39 is 0 Å². The van der Waals surface area contributed by atoms with Gasteiger partial charge in [0.05, 0.1) is 4.92 Å². The van der Waals surface area contributed by atoms with Gasteiger partial charge >= 0.3 is 0 Å². The van der Waals surface area contributed by atoms with Crippen LogP contribution in [0.1, 0.15) is 25.3 Å². The molecular formula is C15H22BrN3O2. The molecule has 0 aliphatic carbocycles. The van der Waals surface area contributed by atoms with Gasteiger partial charge in [-0.25, -0.2) is 0 Å². The van der Waals surface area contributed by atoms with Crippen molar-refractivity contribution < 1.29 is 4.92 Å². The zero-order valence-corrected chi connectivity index (χ0v) is 13.9. The molecule has 1 N–H and O–H groups in total. The van der Waals surface area contributed by atoms with E-state index in [1.54, 1.807) is 12.1 Å². The molecule has 0 aromatic heterocycles. The summed E-state index contributed by atoms with van der Waals surface area (Å²) in [6.07, 6.45) is 2.55. The Morgan fingerprint density at radius 1 is 1.43 bits per heavy atom. The molecule has 1 aromatic carbocycles. The normalized spacial score (nSPS) is 17.0. The number of hydrogen-bond donors (Lipinski definition) is 1. The van der Waals surface area contributed by atoms with E-state index in [1.165, 1.54) is 25.9 Å². The summed E-state index contributed by atoms with van der Waals surface area (Å²) in [4.78, 5) is 13.1. The number of nitro benzene ring substituents is 1. The quantitative estimate of drug-likeness (QED) is 0.483. The summed E-state index contributed by atoms with van der Waals surface area (Å²) in [5.41, 5.74) is 0.902. The molecule has 116 valence electrons. The van der Waals surface area contributed by atoms with Gasteiger partial charge in [0.2, 0.25) is 0 Å². The third-order valence-corrected chi connectivity index (χ3v) is 4.53. The number of nitrogens with one attached hydrogen (secondary N) is 1. The first-order valence-corrected chi connectivity index (χ1v) is 8.21. The topological polar surface area (TPSA) is 58.4 Å². The summed E-state index contributed by atoms with van der Waals surface area (Å²) in [6.45, 7) is 7.04. The fraction of sp³-hybridized carbons (Fsp3) is 0.600. The van der Waals surface area contributed by atoms with Crippen molar-refractivity contribution in [1.29, 1.82) is 0 Å². The standard InChI is InChI=1S/C15H22BrN3O2/c1-12-4-7-18(8-5-12)9-6-17-11-13-10-14(16)2-3-15(13)19(20)21/h2-3,10,12,17H,4-9,11H2,1H3. The highest BCUT2D eigenvalue weighted by Gasteiger charge is 2.16. The van der Waals surface area contributed by atoms with Crippen molar-refractivity contribution in [2.75, 3.05) is 26.2 Å². The Morgan fingerprint density at radius 2 is 2.14 bits per heavy atom. The van der Waals surface area contributed by atoms with Crippen LogP contribution >= 0.6 is 15.9 Å². The summed E-state index contributed by atoms with van der Waals surface area (Å²) in [5, 5.41) is 14.3. The van der Waals surface area contributed by atoms with Crippen molar-refractivity contribution >= 4 is 21.6 Å². The smallest absolute Gasteiger partial charge is 0.273 e. The Hall–Kier alpha value is -0.980. The minimum absolute atomic E-state index is 0.178. The van der Waals surface area contributed by atoms with Crippen molar-refractivity contribution in [3.05, 3.63) is 38.3 Å². The number of likely N-dealkylation sites (tertiary alicyclic amines) is 1. The van der Waals surface area contributed by atoms with Crippen LogP contribution in [-0.4, -0.2) is 36.0 Å². The van der Waals surface area contributed by atoms with Crippen molar-refractivity contribution in [2.45, 2.75) is 26.3 Å². The number of nitro groups is 1. The molecule has 1 aliphatic rings. The molecule has 0 bridgehead atoms. The molecule has 0 amide bonds. The molecule has 1 heterocycles.